The number of amides is 1. The van der Waals surface area contributed by atoms with Crippen LogP contribution in [-0.2, 0) is 0 Å². The zero-order chi connectivity index (χ0) is 15.8. The molecule has 0 aliphatic rings. The minimum atomic E-state index is -0.383. The molecule has 0 spiro atoms. The van der Waals surface area contributed by atoms with Gasteiger partial charge in [0.05, 0.1) is 12.2 Å². The van der Waals surface area contributed by atoms with Gasteiger partial charge >= 0.3 is 0 Å². The molecule has 6 heteroatoms. The Labute approximate surface area is 133 Å². The van der Waals surface area contributed by atoms with E-state index >= 15 is 0 Å². The maximum atomic E-state index is 13.3. The highest BCUT2D eigenvalue weighted by atomic mass is 32.2. The van der Waals surface area contributed by atoms with Gasteiger partial charge < -0.3 is 10.1 Å². The van der Waals surface area contributed by atoms with E-state index in [0.717, 1.165) is 0 Å². The lowest BCUT2D eigenvalue weighted by Gasteiger charge is -2.09. The van der Waals surface area contributed by atoms with Crippen LogP contribution in [0.5, 0.6) is 5.75 Å². The molecule has 1 aromatic carbocycles. The number of ether oxygens (including phenoxy) is 1. The number of halogens is 1. The van der Waals surface area contributed by atoms with Crippen LogP contribution in [0.4, 0.5) is 4.39 Å². The number of hydrogen-bond acceptors (Lipinski definition) is 4. The van der Waals surface area contributed by atoms with Crippen LogP contribution in [0.3, 0.4) is 0 Å². The van der Waals surface area contributed by atoms with E-state index in [-0.39, 0.29) is 17.5 Å². The van der Waals surface area contributed by atoms with Gasteiger partial charge in [-0.15, -0.1) is 11.8 Å². The van der Waals surface area contributed by atoms with Crippen LogP contribution in [0.15, 0.2) is 47.6 Å². The number of benzene rings is 1. The van der Waals surface area contributed by atoms with Crippen LogP contribution in [0.25, 0.3) is 0 Å². The van der Waals surface area contributed by atoms with Crippen molar-refractivity contribution in [3.05, 3.63) is 54.0 Å². The molecular weight excluding hydrogens is 303 g/mol. The molecule has 2 rings (SSSR count). The summed E-state index contributed by atoms with van der Waals surface area (Å²) < 4.78 is 18.7. The van der Waals surface area contributed by atoms with Crippen molar-refractivity contribution in [3.63, 3.8) is 0 Å². The first kappa shape index (κ1) is 16.3. The third-order valence-corrected chi connectivity index (χ3v) is 3.62. The first-order valence-corrected chi connectivity index (χ1v) is 8.09. The number of para-hydroxylation sites is 1. The summed E-state index contributed by atoms with van der Waals surface area (Å²) in [6, 6.07) is 9.73. The van der Waals surface area contributed by atoms with Crippen LogP contribution in [0.2, 0.25) is 0 Å². The average molecular weight is 320 g/mol. The van der Waals surface area contributed by atoms with E-state index < -0.39 is 0 Å². The van der Waals surface area contributed by atoms with Crippen molar-refractivity contribution < 1.29 is 13.9 Å². The number of carbonyl (C=O) groups is 1. The highest BCUT2D eigenvalue weighted by molar-refractivity contribution is 7.98. The monoisotopic (exact) mass is 320 g/mol. The summed E-state index contributed by atoms with van der Waals surface area (Å²) in [4.78, 5) is 16.2. The molecule has 1 aromatic heterocycles. The molecule has 0 bridgehead atoms. The highest BCUT2D eigenvalue weighted by Crippen LogP contribution is 2.17. The maximum absolute atomic E-state index is 13.3. The van der Waals surface area contributed by atoms with Crippen molar-refractivity contribution in [2.75, 3.05) is 19.4 Å². The maximum Gasteiger partial charge on any atom is 0.254 e. The number of nitrogens with zero attached hydrogens (tertiary/aromatic N) is 1. The van der Waals surface area contributed by atoms with Crippen molar-refractivity contribution in [1.29, 1.82) is 0 Å². The predicted octanol–water partition coefficient (Wildman–Crippen LogP) is 3.14. The molecule has 1 N–H and O–H groups in total. The molecule has 1 heterocycles. The summed E-state index contributed by atoms with van der Waals surface area (Å²) in [7, 11) is 0. The minimum absolute atomic E-state index is 0.164. The lowest BCUT2D eigenvalue weighted by molar-refractivity contribution is 0.0948. The number of rotatable bonds is 7. The van der Waals surface area contributed by atoms with E-state index in [1.165, 1.54) is 17.8 Å². The van der Waals surface area contributed by atoms with Crippen molar-refractivity contribution in [2.45, 2.75) is 11.4 Å². The molecule has 0 fully saturated rings. The van der Waals surface area contributed by atoms with Gasteiger partial charge in [0, 0.05) is 12.7 Å². The summed E-state index contributed by atoms with van der Waals surface area (Å²) in [5.74, 6) is -0.319. The van der Waals surface area contributed by atoms with Crippen LogP contribution in [0, 0.1) is 5.82 Å². The van der Waals surface area contributed by atoms with Crippen LogP contribution in [-0.4, -0.2) is 30.3 Å². The third-order valence-electron chi connectivity index (χ3n) is 2.91. The van der Waals surface area contributed by atoms with E-state index in [0.29, 0.717) is 30.2 Å². The molecule has 4 nitrogen and oxygen atoms in total. The third kappa shape index (κ3) is 4.46. The fourth-order valence-electron chi connectivity index (χ4n) is 1.84. The second-order valence-corrected chi connectivity index (χ2v) is 5.24. The smallest absolute Gasteiger partial charge is 0.254 e. The van der Waals surface area contributed by atoms with Crippen molar-refractivity contribution in [2.24, 2.45) is 0 Å². The first-order valence-electron chi connectivity index (χ1n) is 6.87. The van der Waals surface area contributed by atoms with E-state index in [4.69, 9.17) is 4.74 Å². The molecule has 0 saturated heterocycles. The molecule has 116 valence electrons. The molecule has 0 saturated carbocycles. The van der Waals surface area contributed by atoms with Gasteiger partial charge in [-0.25, -0.2) is 9.37 Å². The molecule has 22 heavy (non-hydrogen) atoms. The van der Waals surface area contributed by atoms with E-state index in [9.17, 15) is 9.18 Å². The lowest BCUT2D eigenvalue weighted by atomic mass is 10.2. The summed E-state index contributed by atoms with van der Waals surface area (Å²) >= 11 is 1.43. The fourth-order valence-corrected chi connectivity index (χ4v) is 2.39. The van der Waals surface area contributed by atoms with Gasteiger partial charge in [-0.05, 0) is 36.9 Å². The van der Waals surface area contributed by atoms with E-state index in [1.807, 2.05) is 6.26 Å². The normalized spacial score (nSPS) is 10.3. The van der Waals surface area contributed by atoms with Crippen LogP contribution >= 0.6 is 11.8 Å². The van der Waals surface area contributed by atoms with E-state index in [2.05, 4.69) is 10.3 Å². The second kappa shape index (κ2) is 8.38. The summed E-state index contributed by atoms with van der Waals surface area (Å²) in [5, 5.41) is 3.51. The fraction of sp³-hybridized carbons (Fsp3) is 0.250. The molecule has 0 atom stereocenters. The summed E-state index contributed by atoms with van der Waals surface area (Å²) in [5.41, 5.74) is 0.560. The Bertz CT molecular complexity index is 637. The summed E-state index contributed by atoms with van der Waals surface area (Å²) in [6.45, 7) is 0.791. The van der Waals surface area contributed by atoms with Crippen LogP contribution in [0.1, 0.15) is 16.8 Å². The van der Waals surface area contributed by atoms with Gasteiger partial charge in [-0.2, -0.15) is 0 Å². The van der Waals surface area contributed by atoms with Crippen molar-refractivity contribution >= 4 is 17.7 Å². The molecule has 2 aromatic rings. The lowest BCUT2D eigenvalue weighted by Crippen LogP contribution is -2.26. The quantitative estimate of drug-likeness (QED) is 0.629. The van der Waals surface area contributed by atoms with Gasteiger partial charge in [0.1, 0.15) is 5.03 Å². The zero-order valence-corrected chi connectivity index (χ0v) is 13.0. The summed E-state index contributed by atoms with van der Waals surface area (Å²) in [6.07, 6.45) is 4.13. The highest BCUT2D eigenvalue weighted by Gasteiger charge is 2.10. The largest absolute Gasteiger partial charge is 0.490 e. The SMILES string of the molecule is CSc1ncccc1C(=O)NCCCOc1ccccc1F. The van der Waals surface area contributed by atoms with Gasteiger partial charge in [-0.1, -0.05) is 12.1 Å². The van der Waals surface area contributed by atoms with Gasteiger partial charge in [0.15, 0.2) is 11.6 Å². The van der Waals surface area contributed by atoms with Gasteiger partial charge in [0.25, 0.3) is 5.91 Å². The Kier molecular flexibility index (Phi) is 6.21. The number of pyridine rings is 1. The van der Waals surface area contributed by atoms with Crippen LogP contribution < -0.4 is 10.1 Å². The Balaban J connectivity index is 1.75. The van der Waals surface area contributed by atoms with Gasteiger partial charge in [0.2, 0.25) is 0 Å². The molecule has 0 aliphatic carbocycles. The van der Waals surface area contributed by atoms with Crippen molar-refractivity contribution in [1.82, 2.24) is 10.3 Å². The van der Waals surface area contributed by atoms with Gasteiger partial charge in [-0.3, -0.25) is 4.79 Å². The Morgan fingerprint density at radius 3 is 2.91 bits per heavy atom. The molecule has 0 radical (unpaired) electrons. The number of hydrogen-bond donors (Lipinski definition) is 1. The number of nitrogens with one attached hydrogen (secondary N) is 1. The zero-order valence-electron chi connectivity index (χ0n) is 12.2. The molecule has 0 unspecified atom stereocenters. The molecule has 1 amide bonds. The Morgan fingerprint density at radius 2 is 2.14 bits per heavy atom. The molecular formula is C16H17FN2O2S. The topological polar surface area (TPSA) is 51.2 Å². The Morgan fingerprint density at radius 1 is 1.32 bits per heavy atom. The minimum Gasteiger partial charge on any atom is -0.490 e. The Hall–Kier alpha value is -2.08. The van der Waals surface area contributed by atoms with Crippen molar-refractivity contribution in [3.8, 4) is 5.75 Å². The molecule has 0 aliphatic heterocycles. The van der Waals surface area contributed by atoms with E-state index in [1.54, 1.807) is 36.5 Å². The second-order valence-electron chi connectivity index (χ2n) is 4.45. The number of aromatic nitrogens is 1. The average Bonchev–Trinajstić information content (AvgIpc) is 2.56. The standard InChI is InChI=1S/C16H17FN2O2S/c1-22-16-12(6-4-9-19-16)15(20)18-10-5-11-21-14-8-3-2-7-13(14)17/h2-4,6-9H,5,10-11H2,1H3,(H,18,20). The number of carbonyl (C=O) groups excluding carboxylic acids is 1. The number of thioether (sulfide) groups is 1. The first-order chi connectivity index (χ1) is 10.7. The predicted molar refractivity (Wildman–Crippen MR) is 84.9 cm³/mol.